The number of rotatable bonds is 11. The second kappa shape index (κ2) is 9.78. The molecule has 0 N–H and O–H groups in total. The fourth-order valence-corrected chi connectivity index (χ4v) is 3.47. The van der Waals surface area contributed by atoms with Gasteiger partial charge in [0.1, 0.15) is 12.4 Å². The molecule has 1 aliphatic carbocycles. The van der Waals surface area contributed by atoms with Crippen molar-refractivity contribution in [2.24, 2.45) is 0 Å². The van der Waals surface area contributed by atoms with Crippen molar-refractivity contribution in [1.82, 2.24) is 4.57 Å². The summed E-state index contributed by atoms with van der Waals surface area (Å²) in [4.78, 5) is 12.0. The normalized spacial score (nSPS) is 14.7. The van der Waals surface area contributed by atoms with Crippen LogP contribution in [0.2, 0.25) is 0 Å². The van der Waals surface area contributed by atoms with Gasteiger partial charge in [0.25, 0.3) is 0 Å². The molecule has 5 heteroatoms. The van der Waals surface area contributed by atoms with Crippen LogP contribution in [0.5, 0.6) is 5.75 Å². The van der Waals surface area contributed by atoms with E-state index in [2.05, 4.69) is 23.6 Å². The van der Waals surface area contributed by atoms with Gasteiger partial charge in [-0.3, -0.25) is 0 Å². The maximum absolute atomic E-state index is 12.0. The van der Waals surface area contributed by atoms with Crippen molar-refractivity contribution in [3.05, 3.63) is 53.3 Å². The fourth-order valence-electron chi connectivity index (χ4n) is 3.47. The number of hydrogen-bond donors (Lipinski definition) is 0. The molecular formula is C23H31NO4. The topological polar surface area (TPSA) is 49.7 Å². The Kier molecular flexibility index (Phi) is 7.15. The molecule has 28 heavy (non-hydrogen) atoms. The quantitative estimate of drug-likeness (QED) is 0.542. The number of benzene rings is 1. The van der Waals surface area contributed by atoms with Gasteiger partial charge in [0, 0.05) is 24.4 Å². The van der Waals surface area contributed by atoms with Gasteiger partial charge in [-0.15, -0.1) is 0 Å². The number of nitrogens with zero attached hydrogens (tertiary/aromatic N) is 1. The molecular weight excluding hydrogens is 354 g/mol. The van der Waals surface area contributed by atoms with Crippen molar-refractivity contribution < 1.29 is 19.0 Å². The van der Waals surface area contributed by atoms with E-state index in [1.165, 1.54) is 24.2 Å². The lowest BCUT2D eigenvalue weighted by atomic mass is 10.1. The second-order valence-corrected chi connectivity index (χ2v) is 7.22. The third-order valence-electron chi connectivity index (χ3n) is 5.07. The molecule has 5 nitrogen and oxygen atoms in total. The van der Waals surface area contributed by atoms with Crippen molar-refractivity contribution in [3.8, 4) is 5.75 Å². The predicted octanol–water partition coefficient (Wildman–Crippen LogP) is 4.26. The zero-order chi connectivity index (χ0) is 19.9. The third-order valence-corrected chi connectivity index (χ3v) is 5.07. The average molecular weight is 386 g/mol. The number of carbonyl (C=O) groups excluding carboxylic acids is 1. The lowest BCUT2D eigenvalue weighted by molar-refractivity contribution is -0.156. The number of aromatic nitrogens is 1. The van der Waals surface area contributed by atoms with Crippen LogP contribution in [-0.2, 0) is 27.2 Å². The van der Waals surface area contributed by atoms with Gasteiger partial charge in [-0.2, -0.15) is 0 Å². The zero-order valence-electron chi connectivity index (χ0n) is 17.1. The molecule has 1 aromatic heterocycles. The minimum absolute atomic E-state index is 0.307. The summed E-state index contributed by atoms with van der Waals surface area (Å²) >= 11 is 0. The Morgan fingerprint density at radius 1 is 1.11 bits per heavy atom. The van der Waals surface area contributed by atoms with Crippen molar-refractivity contribution in [3.63, 3.8) is 0 Å². The first kappa shape index (κ1) is 20.5. The van der Waals surface area contributed by atoms with Crippen molar-refractivity contribution in [2.75, 3.05) is 19.8 Å². The monoisotopic (exact) mass is 385 g/mol. The smallest absolute Gasteiger partial charge is 0.335 e. The van der Waals surface area contributed by atoms with Gasteiger partial charge >= 0.3 is 5.97 Å². The van der Waals surface area contributed by atoms with Crippen LogP contribution in [0, 0.1) is 6.92 Å². The van der Waals surface area contributed by atoms with E-state index in [-0.39, 0.29) is 5.97 Å². The molecule has 152 valence electrons. The molecule has 0 saturated heterocycles. The van der Waals surface area contributed by atoms with Crippen molar-refractivity contribution in [1.29, 1.82) is 0 Å². The standard InChI is InChI=1S/C23H31NO4/c1-4-26-22(23(25)27-5-2)16-18-7-11-20(12-8-18)28-15-14-24-17(3)6-13-21(24)19-9-10-19/h6-8,11-13,19,22H,4-5,9-10,14-16H2,1-3H3. The first-order valence-electron chi connectivity index (χ1n) is 10.3. The summed E-state index contributed by atoms with van der Waals surface area (Å²) in [6.07, 6.45) is 2.55. The number of aryl methyl sites for hydroxylation is 1. The summed E-state index contributed by atoms with van der Waals surface area (Å²) in [5.74, 6) is 1.27. The van der Waals surface area contributed by atoms with Crippen LogP contribution < -0.4 is 4.74 Å². The fraction of sp³-hybridized carbons (Fsp3) is 0.522. The molecule has 0 bridgehead atoms. The van der Waals surface area contributed by atoms with Crippen LogP contribution in [-0.4, -0.2) is 36.5 Å². The molecule has 0 spiro atoms. The van der Waals surface area contributed by atoms with Gasteiger partial charge in [0.05, 0.1) is 13.2 Å². The Morgan fingerprint density at radius 3 is 2.50 bits per heavy atom. The Balaban J connectivity index is 1.51. The van der Waals surface area contributed by atoms with Crippen LogP contribution in [0.1, 0.15) is 49.6 Å². The second-order valence-electron chi connectivity index (χ2n) is 7.22. The molecule has 1 saturated carbocycles. The Bertz CT molecular complexity index is 761. The van der Waals surface area contributed by atoms with Crippen LogP contribution in [0.25, 0.3) is 0 Å². The van der Waals surface area contributed by atoms with E-state index in [4.69, 9.17) is 14.2 Å². The van der Waals surface area contributed by atoms with E-state index >= 15 is 0 Å². The van der Waals surface area contributed by atoms with Crippen molar-refractivity contribution >= 4 is 5.97 Å². The van der Waals surface area contributed by atoms with E-state index in [1.54, 1.807) is 6.92 Å². The Morgan fingerprint density at radius 2 is 1.86 bits per heavy atom. The third kappa shape index (κ3) is 5.38. The summed E-state index contributed by atoms with van der Waals surface area (Å²) in [6, 6.07) is 12.3. The van der Waals surface area contributed by atoms with E-state index in [0.29, 0.717) is 26.2 Å². The number of esters is 1. The van der Waals surface area contributed by atoms with Gasteiger partial charge < -0.3 is 18.8 Å². The molecule has 1 fully saturated rings. The zero-order valence-corrected chi connectivity index (χ0v) is 17.1. The van der Waals surface area contributed by atoms with E-state index in [0.717, 1.165) is 23.8 Å². The minimum Gasteiger partial charge on any atom is -0.492 e. The van der Waals surface area contributed by atoms with Gasteiger partial charge in [-0.25, -0.2) is 4.79 Å². The highest BCUT2D eigenvalue weighted by Gasteiger charge is 2.26. The first-order valence-corrected chi connectivity index (χ1v) is 10.3. The molecule has 0 amide bonds. The average Bonchev–Trinajstić information content (AvgIpc) is 3.47. The lowest BCUT2D eigenvalue weighted by Crippen LogP contribution is -2.28. The van der Waals surface area contributed by atoms with Gasteiger partial charge in [-0.05, 0) is 69.4 Å². The Hall–Kier alpha value is -2.27. The van der Waals surface area contributed by atoms with Gasteiger partial charge in [-0.1, -0.05) is 12.1 Å². The molecule has 1 atom stereocenters. The summed E-state index contributed by atoms with van der Waals surface area (Å²) in [7, 11) is 0. The highest BCUT2D eigenvalue weighted by molar-refractivity contribution is 5.75. The first-order chi connectivity index (χ1) is 13.6. The number of carbonyl (C=O) groups is 1. The summed E-state index contributed by atoms with van der Waals surface area (Å²) < 4.78 is 18.9. The van der Waals surface area contributed by atoms with Crippen molar-refractivity contribution in [2.45, 2.75) is 58.6 Å². The van der Waals surface area contributed by atoms with Crippen LogP contribution in [0.3, 0.4) is 0 Å². The van der Waals surface area contributed by atoms with E-state index in [1.807, 2.05) is 31.2 Å². The maximum Gasteiger partial charge on any atom is 0.335 e. The Labute approximate surface area is 167 Å². The summed E-state index contributed by atoms with van der Waals surface area (Å²) in [6.45, 7) is 8.17. The number of ether oxygens (including phenoxy) is 3. The molecule has 1 unspecified atom stereocenters. The van der Waals surface area contributed by atoms with Crippen LogP contribution in [0.4, 0.5) is 0 Å². The molecule has 3 rings (SSSR count). The summed E-state index contributed by atoms with van der Waals surface area (Å²) in [5.41, 5.74) is 3.76. The molecule has 2 aromatic rings. The molecule has 1 heterocycles. The highest BCUT2D eigenvalue weighted by Crippen LogP contribution is 2.40. The largest absolute Gasteiger partial charge is 0.492 e. The van der Waals surface area contributed by atoms with Crippen LogP contribution in [0.15, 0.2) is 36.4 Å². The highest BCUT2D eigenvalue weighted by atomic mass is 16.6. The molecule has 1 aromatic carbocycles. The number of hydrogen-bond acceptors (Lipinski definition) is 4. The minimum atomic E-state index is -0.561. The maximum atomic E-state index is 12.0. The molecule has 0 radical (unpaired) electrons. The van der Waals surface area contributed by atoms with Gasteiger partial charge in [0.15, 0.2) is 6.10 Å². The summed E-state index contributed by atoms with van der Waals surface area (Å²) in [5, 5.41) is 0. The lowest BCUT2D eigenvalue weighted by Gasteiger charge is -2.16. The van der Waals surface area contributed by atoms with Gasteiger partial charge in [0.2, 0.25) is 0 Å². The predicted molar refractivity (Wildman–Crippen MR) is 109 cm³/mol. The molecule has 0 aliphatic heterocycles. The van der Waals surface area contributed by atoms with E-state index in [9.17, 15) is 4.79 Å². The van der Waals surface area contributed by atoms with Crippen LogP contribution >= 0.6 is 0 Å². The SMILES string of the molecule is CCOC(=O)C(Cc1ccc(OCCn2c(C)ccc2C2CC2)cc1)OCC. The molecule has 1 aliphatic rings. The van der Waals surface area contributed by atoms with E-state index < -0.39 is 6.10 Å².